The van der Waals surface area contributed by atoms with Gasteiger partial charge in [0.05, 0.1) is 6.42 Å². The molecule has 1 saturated carbocycles. The molecule has 0 saturated heterocycles. The van der Waals surface area contributed by atoms with E-state index in [-0.39, 0.29) is 5.91 Å². The quantitative estimate of drug-likeness (QED) is 0.741. The van der Waals surface area contributed by atoms with E-state index in [2.05, 4.69) is 12.2 Å². The van der Waals surface area contributed by atoms with Crippen molar-refractivity contribution >= 4 is 35.3 Å². The van der Waals surface area contributed by atoms with E-state index < -0.39 is 6.16 Å². The van der Waals surface area contributed by atoms with Crippen LogP contribution >= 0.6 is 23.2 Å². The SMILES string of the molecule is CC1CCCC(NC(=O)Cc2ccc(Cl)cc2Cl)C1.O=C(O)O. The van der Waals surface area contributed by atoms with Gasteiger partial charge in [-0.1, -0.05) is 49.0 Å². The van der Waals surface area contributed by atoms with E-state index in [1.807, 2.05) is 6.07 Å². The maximum Gasteiger partial charge on any atom is 0.503 e. The van der Waals surface area contributed by atoms with Crippen molar-refractivity contribution in [3.05, 3.63) is 33.8 Å². The van der Waals surface area contributed by atoms with Gasteiger partial charge in [0.1, 0.15) is 0 Å². The highest BCUT2D eigenvalue weighted by atomic mass is 35.5. The van der Waals surface area contributed by atoms with Gasteiger partial charge in [-0.25, -0.2) is 4.79 Å². The fourth-order valence-electron chi connectivity index (χ4n) is 2.68. The van der Waals surface area contributed by atoms with Crippen LogP contribution in [-0.4, -0.2) is 28.3 Å². The highest BCUT2D eigenvalue weighted by Crippen LogP contribution is 2.24. The number of benzene rings is 1. The third-order valence-corrected chi connectivity index (χ3v) is 4.25. The van der Waals surface area contributed by atoms with Crippen molar-refractivity contribution in [1.29, 1.82) is 0 Å². The fraction of sp³-hybridized carbons (Fsp3) is 0.500. The first-order valence-corrected chi connectivity index (χ1v) is 8.18. The third kappa shape index (κ3) is 8.09. The van der Waals surface area contributed by atoms with Gasteiger partial charge in [0.25, 0.3) is 0 Å². The molecule has 5 nitrogen and oxygen atoms in total. The molecule has 1 amide bonds. The zero-order valence-electron chi connectivity index (χ0n) is 12.9. The lowest BCUT2D eigenvalue weighted by molar-refractivity contribution is -0.121. The topological polar surface area (TPSA) is 86.6 Å². The van der Waals surface area contributed by atoms with Crippen molar-refractivity contribution in [3.8, 4) is 0 Å². The second-order valence-electron chi connectivity index (χ2n) is 5.73. The van der Waals surface area contributed by atoms with Crippen LogP contribution in [0.1, 0.15) is 38.2 Å². The molecule has 2 unspecified atom stereocenters. The van der Waals surface area contributed by atoms with E-state index in [4.69, 9.17) is 38.2 Å². The van der Waals surface area contributed by atoms with Gasteiger partial charge in [-0.3, -0.25) is 4.79 Å². The predicted octanol–water partition coefficient (Wildman–Crippen LogP) is 4.45. The molecule has 3 N–H and O–H groups in total. The standard InChI is InChI=1S/C15H19Cl2NO.CH2O3/c1-10-3-2-4-13(7-10)18-15(19)8-11-5-6-12(16)9-14(11)17;2-1(3)4/h5-6,9-10,13H,2-4,7-8H2,1H3,(H,18,19);(H2,2,3,4). The van der Waals surface area contributed by atoms with Gasteiger partial charge in [-0.2, -0.15) is 0 Å². The summed E-state index contributed by atoms with van der Waals surface area (Å²) in [7, 11) is 0. The van der Waals surface area contributed by atoms with Crippen LogP contribution < -0.4 is 5.32 Å². The molecule has 23 heavy (non-hydrogen) atoms. The highest BCUT2D eigenvalue weighted by Gasteiger charge is 2.20. The van der Waals surface area contributed by atoms with Gasteiger partial charge in [-0.15, -0.1) is 0 Å². The van der Waals surface area contributed by atoms with E-state index in [0.29, 0.717) is 28.4 Å². The molecule has 0 spiro atoms. The molecule has 7 heteroatoms. The average Bonchev–Trinajstić information content (AvgIpc) is 2.41. The Kier molecular flexibility index (Phi) is 8.20. The Morgan fingerprint density at radius 3 is 2.48 bits per heavy atom. The van der Waals surface area contributed by atoms with Gasteiger partial charge in [-0.05, 0) is 36.5 Å². The fourth-order valence-corrected chi connectivity index (χ4v) is 3.16. The number of nitrogens with one attached hydrogen (secondary N) is 1. The lowest BCUT2D eigenvalue weighted by Crippen LogP contribution is -2.38. The summed E-state index contributed by atoms with van der Waals surface area (Å²) in [6, 6.07) is 5.57. The Morgan fingerprint density at radius 2 is 1.91 bits per heavy atom. The Labute approximate surface area is 145 Å². The lowest BCUT2D eigenvalue weighted by Gasteiger charge is -2.27. The molecule has 1 fully saturated rings. The molecule has 0 aromatic heterocycles. The summed E-state index contributed by atoms with van der Waals surface area (Å²) in [6.45, 7) is 2.24. The first kappa shape index (κ1) is 19.6. The van der Waals surface area contributed by atoms with Crippen LogP contribution in [0, 0.1) is 5.92 Å². The predicted molar refractivity (Wildman–Crippen MR) is 90.4 cm³/mol. The smallest absolute Gasteiger partial charge is 0.450 e. The molecule has 1 aliphatic carbocycles. The summed E-state index contributed by atoms with van der Waals surface area (Å²) in [6.07, 6.45) is 3.13. The summed E-state index contributed by atoms with van der Waals surface area (Å²) < 4.78 is 0. The Bertz CT molecular complexity index is 547. The van der Waals surface area contributed by atoms with Crippen molar-refractivity contribution in [1.82, 2.24) is 5.32 Å². The summed E-state index contributed by atoms with van der Waals surface area (Å²) in [5, 5.41) is 18.2. The minimum atomic E-state index is -1.83. The van der Waals surface area contributed by atoms with Crippen LogP contribution in [0.2, 0.25) is 10.0 Å². The molecule has 1 aromatic carbocycles. The van der Waals surface area contributed by atoms with Gasteiger partial charge in [0, 0.05) is 16.1 Å². The van der Waals surface area contributed by atoms with Crippen LogP contribution in [0.15, 0.2) is 18.2 Å². The van der Waals surface area contributed by atoms with E-state index in [1.165, 1.54) is 12.8 Å². The molecule has 2 rings (SSSR count). The molecule has 1 aromatic rings. The van der Waals surface area contributed by atoms with Gasteiger partial charge >= 0.3 is 6.16 Å². The molecule has 1 aliphatic rings. The summed E-state index contributed by atoms with van der Waals surface area (Å²) in [4.78, 5) is 20.6. The second-order valence-corrected chi connectivity index (χ2v) is 6.57. The number of hydrogen-bond donors (Lipinski definition) is 3. The van der Waals surface area contributed by atoms with E-state index in [9.17, 15) is 4.79 Å². The van der Waals surface area contributed by atoms with Crippen molar-refractivity contribution < 1.29 is 19.8 Å². The third-order valence-electron chi connectivity index (χ3n) is 3.67. The monoisotopic (exact) mass is 361 g/mol. The van der Waals surface area contributed by atoms with Crippen LogP contribution in [0.5, 0.6) is 0 Å². The van der Waals surface area contributed by atoms with E-state index >= 15 is 0 Å². The first-order valence-electron chi connectivity index (χ1n) is 7.43. The number of halogens is 2. The zero-order chi connectivity index (χ0) is 17.4. The van der Waals surface area contributed by atoms with Crippen molar-refractivity contribution in [3.63, 3.8) is 0 Å². The molecule has 128 valence electrons. The first-order chi connectivity index (χ1) is 10.8. The summed E-state index contributed by atoms with van der Waals surface area (Å²) in [5.74, 6) is 0.751. The average molecular weight is 362 g/mol. The van der Waals surface area contributed by atoms with Crippen LogP contribution in [-0.2, 0) is 11.2 Å². The highest BCUT2D eigenvalue weighted by molar-refractivity contribution is 6.35. The maximum absolute atomic E-state index is 12.0. The van der Waals surface area contributed by atoms with Crippen LogP contribution in [0.4, 0.5) is 4.79 Å². The molecule has 0 aliphatic heterocycles. The minimum absolute atomic E-state index is 0.0447. The molecule has 0 radical (unpaired) electrons. The number of rotatable bonds is 3. The number of amides is 1. The zero-order valence-corrected chi connectivity index (χ0v) is 14.4. The van der Waals surface area contributed by atoms with Crippen molar-refractivity contribution in [2.45, 2.75) is 45.1 Å². The molecule has 2 atom stereocenters. The Balaban J connectivity index is 0.000000593. The van der Waals surface area contributed by atoms with E-state index in [0.717, 1.165) is 18.4 Å². The maximum atomic E-state index is 12.0. The van der Waals surface area contributed by atoms with E-state index in [1.54, 1.807) is 12.1 Å². The molecule has 0 heterocycles. The van der Waals surface area contributed by atoms with Gasteiger partial charge in [0.15, 0.2) is 0 Å². The molecular formula is C16H21Cl2NO4. The number of carboxylic acid groups (broad SMARTS) is 2. The minimum Gasteiger partial charge on any atom is -0.450 e. The second kappa shape index (κ2) is 9.63. The van der Waals surface area contributed by atoms with Gasteiger partial charge in [0.2, 0.25) is 5.91 Å². The van der Waals surface area contributed by atoms with Crippen molar-refractivity contribution in [2.75, 3.05) is 0 Å². The Hall–Kier alpha value is -1.46. The Morgan fingerprint density at radius 1 is 1.26 bits per heavy atom. The number of carbonyl (C=O) groups is 2. The molecule has 0 bridgehead atoms. The van der Waals surface area contributed by atoms with Crippen LogP contribution in [0.3, 0.4) is 0 Å². The summed E-state index contributed by atoms with van der Waals surface area (Å²) >= 11 is 11.9. The summed E-state index contributed by atoms with van der Waals surface area (Å²) in [5.41, 5.74) is 0.826. The largest absolute Gasteiger partial charge is 0.503 e. The lowest BCUT2D eigenvalue weighted by atomic mass is 9.87. The normalized spacial score (nSPS) is 20.1. The van der Waals surface area contributed by atoms with Gasteiger partial charge < -0.3 is 15.5 Å². The van der Waals surface area contributed by atoms with Crippen LogP contribution in [0.25, 0.3) is 0 Å². The van der Waals surface area contributed by atoms with Crippen molar-refractivity contribution in [2.24, 2.45) is 5.92 Å². The molecular weight excluding hydrogens is 341 g/mol. The number of carbonyl (C=O) groups excluding carboxylic acids is 1. The number of hydrogen-bond acceptors (Lipinski definition) is 2.